The number of carbonyl (C=O) groups excluding carboxylic acids is 1. The number of hydrogen-bond acceptors (Lipinski definition) is 3. The van der Waals surface area contributed by atoms with Gasteiger partial charge in [-0.3, -0.25) is 9.69 Å². The van der Waals surface area contributed by atoms with E-state index in [1.165, 1.54) is 17.7 Å². The molecule has 0 spiro atoms. The summed E-state index contributed by atoms with van der Waals surface area (Å²) in [6, 6.07) is 13.2. The summed E-state index contributed by atoms with van der Waals surface area (Å²) in [5, 5.41) is 2.90. The lowest BCUT2D eigenvalue weighted by Gasteiger charge is -2.36. The highest BCUT2D eigenvalue weighted by Gasteiger charge is 2.31. The van der Waals surface area contributed by atoms with Gasteiger partial charge in [-0.05, 0) is 41.8 Å². The van der Waals surface area contributed by atoms with E-state index in [1.807, 2.05) is 34.1 Å². The van der Waals surface area contributed by atoms with E-state index in [2.05, 4.69) is 19.2 Å². The van der Waals surface area contributed by atoms with Gasteiger partial charge in [-0.15, -0.1) is 0 Å². The first-order chi connectivity index (χ1) is 13.7. The second kappa shape index (κ2) is 8.86. The molecule has 0 aliphatic carbocycles. The molecule has 29 heavy (non-hydrogen) atoms. The number of rotatable bonds is 5. The van der Waals surface area contributed by atoms with Gasteiger partial charge in [0.25, 0.3) is 0 Å². The summed E-state index contributed by atoms with van der Waals surface area (Å²) in [5.74, 6) is 0.350. The molecule has 1 amide bonds. The minimum absolute atomic E-state index is 0.0881. The highest BCUT2D eigenvalue weighted by molar-refractivity contribution is 5.92. The molecule has 3 rings (SSSR count). The Balaban J connectivity index is 1.50. The van der Waals surface area contributed by atoms with Crippen molar-refractivity contribution in [3.63, 3.8) is 0 Å². The molecule has 1 fully saturated rings. The summed E-state index contributed by atoms with van der Waals surface area (Å²) in [5.41, 5.74) is 1.91. The highest BCUT2D eigenvalue weighted by Crippen LogP contribution is 2.31. The van der Waals surface area contributed by atoms with E-state index in [9.17, 15) is 18.0 Å². The van der Waals surface area contributed by atoms with Crippen molar-refractivity contribution in [1.29, 1.82) is 0 Å². The zero-order valence-electron chi connectivity index (χ0n) is 16.7. The second-order valence-corrected chi connectivity index (χ2v) is 7.64. The zero-order valence-corrected chi connectivity index (χ0v) is 16.7. The van der Waals surface area contributed by atoms with Crippen LogP contribution in [0.25, 0.3) is 0 Å². The predicted octanol–water partition coefficient (Wildman–Crippen LogP) is 4.59. The highest BCUT2D eigenvalue weighted by atomic mass is 19.4. The summed E-state index contributed by atoms with van der Waals surface area (Å²) in [4.78, 5) is 16.3. The summed E-state index contributed by atoms with van der Waals surface area (Å²) in [6.45, 7) is 6.91. The van der Waals surface area contributed by atoms with Gasteiger partial charge in [0.2, 0.25) is 5.91 Å². The summed E-state index contributed by atoms with van der Waals surface area (Å²) in [6.07, 6.45) is -4.34. The largest absolute Gasteiger partial charge is 0.416 e. The van der Waals surface area contributed by atoms with Crippen LogP contribution in [0.4, 0.5) is 24.5 Å². The molecule has 0 bridgehead atoms. The molecule has 1 aliphatic rings. The molecular formula is C22H26F3N3O. The van der Waals surface area contributed by atoms with Crippen LogP contribution in [0.3, 0.4) is 0 Å². The molecule has 0 saturated carbocycles. The molecule has 0 aromatic heterocycles. The van der Waals surface area contributed by atoms with E-state index in [-0.39, 0.29) is 12.5 Å². The van der Waals surface area contributed by atoms with Crippen LogP contribution in [0, 0.1) is 0 Å². The van der Waals surface area contributed by atoms with Crippen LogP contribution in [-0.2, 0) is 11.0 Å². The fourth-order valence-corrected chi connectivity index (χ4v) is 3.40. The maximum absolute atomic E-state index is 12.9. The summed E-state index contributed by atoms with van der Waals surface area (Å²) in [7, 11) is 0. The van der Waals surface area contributed by atoms with E-state index >= 15 is 0 Å². The summed E-state index contributed by atoms with van der Waals surface area (Å²) < 4.78 is 38.7. The minimum atomic E-state index is -4.34. The van der Waals surface area contributed by atoms with Gasteiger partial charge in [0.15, 0.2) is 0 Å². The van der Waals surface area contributed by atoms with Crippen molar-refractivity contribution in [2.24, 2.45) is 0 Å². The number of piperazine rings is 1. The Morgan fingerprint density at radius 1 is 1.03 bits per heavy atom. The molecule has 0 radical (unpaired) electrons. The molecule has 1 N–H and O–H groups in total. The predicted molar refractivity (Wildman–Crippen MR) is 109 cm³/mol. The third kappa shape index (κ3) is 5.73. The van der Waals surface area contributed by atoms with Crippen molar-refractivity contribution in [1.82, 2.24) is 4.90 Å². The van der Waals surface area contributed by atoms with E-state index in [0.29, 0.717) is 37.8 Å². The van der Waals surface area contributed by atoms with Gasteiger partial charge < -0.3 is 10.2 Å². The Kier molecular flexibility index (Phi) is 6.47. The quantitative estimate of drug-likeness (QED) is 0.790. The van der Waals surface area contributed by atoms with E-state index in [4.69, 9.17) is 0 Å². The number of amides is 1. The molecule has 0 unspecified atom stereocenters. The maximum atomic E-state index is 12.9. The number of hydrogen-bond donors (Lipinski definition) is 1. The van der Waals surface area contributed by atoms with Crippen LogP contribution < -0.4 is 10.2 Å². The second-order valence-electron chi connectivity index (χ2n) is 7.64. The Morgan fingerprint density at radius 2 is 1.69 bits per heavy atom. The number of anilines is 2. The normalized spacial score (nSPS) is 15.6. The van der Waals surface area contributed by atoms with E-state index < -0.39 is 11.7 Å². The lowest BCUT2D eigenvalue weighted by molar-refractivity contribution is -0.137. The maximum Gasteiger partial charge on any atom is 0.416 e. The molecular weight excluding hydrogens is 379 g/mol. The lowest BCUT2D eigenvalue weighted by atomic mass is 10.0. The SMILES string of the molecule is CC(C)c1ccc(NC(=O)CN2CCN(c3cccc(C(F)(F)F)c3)CC2)cc1. The Morgan fingerprint density at radius 3 is 2.28 bits per heavy atom. The van der Waals surface area contributed by atoms with Crippen molar-refractivity contribution in [3.8, 4) is 0 Å². The van der Waals surface area contributed by atoms with Crippen molar-refractivity contribution in [3.05, 3.63) is 59.7 Å². The van der Waals surface area contributed by atoms with Gasteiger partial charge in [-0.2, -0.15) is 13.2 Å². The van der Waals surface area contributed by atoms with Gasteiger partial charge in [-0.25, -0.2) is 0 Å². The number of halogens is 3. The first-order valence-electron chi connectivity index (χ1n) is 9.77. The third-order valence-electron chi connectivity index (χ3n) is 5.14. The molecule has 0 atom stereocenters. The van der Waals surface area contributed by atoms with Gasteiger partial charge in [0.05, 0.1) is 12.1 Å². The molecule has 1 heterocycles. The average Bonchev–Trinajstić information content (AvgIpc) is 2.68. The van der Waals surface area contributed by atoms with E-state index in [0.717, 1.165) is 11.8 Å². The number of benzene rings is 2. The lowest BCUT2D eigenvalue weighted by Crippen LogP contribution is -2.48. The van der Waals surface area contributed by atoms with Gasteiger partial charge in [0.1, 0.15) is 0 Å². The molecule has 4 nitrogen and oxygen atoms in total. The average molecular weight is 405 g/mol. The number of carbonyl (C=O) groups is 1. The fraction of sp³-hybridized carbons (Fsp3) is 0.409. The van der Waals surface area contributed by atoms with Crippen LogP contribution in [0.5, 0.6) is 0 Å². The Bertz CT molecular complexity index is 826. The van der Waals surface area contributed by atoms with Gasteiger partial charge in [-0.1, -0.05) is 32.0 Å². The molecule has 7 heteroatoms. The van der Waals surface area contributed by atoms with Crippen LogP contribution in [0.2, 0.25) is 0 Å². The fourth-order valence-electron chi connectivity index (χ4n) is 3.40. The smallest absolute Gasteiger partial charge is 0.369 e. The van der Waals surface area contributed by atoms with Crippen molar-refractivity contribution >= 4 is 17.3 Å². The molecule has 2 aromatic carbocycles. The molecule has 2 aromatic rings. The summed E-state index contributed by atoms with van der Waals surface area (Å²) >= 11 is 0. The third-order valence-corrected chi connectivity index (χ3v) is 5.14. The number of nitrogens with one attached hydrogen (secondary N) is 1. The molecule has 156 valence electrons. The Hall–Kier alpha value is -2.54. The van der Waals surface area contributed by atoms with Gasteiger partial charge >= 0.3 is 6.18 Å². The van der Waals surface area contributed by atoms with Crippen LogP contribution in [0.1, 0.15) is 30.9 Å². The molecule has 1 aliphatic heterocycles. The standard InChI is InChI=1S/C22H26F3N3O/c1-16(2)17-6-8-19(9-7-17)26-21(29)15-27-10-12-28(13-11-27)20-5-3-4-18(14-20)22(23,24)25/h3-9,14,16H,10-13,15H2,1-2H3,(H,26,29). The first kappa shape index (κ1) is 21.2. The minimum Gasteiger partial charge on any atom is -0.369 e. The van der Waals surface area contributed by atoms with Crippen LogP contribution in [-0.4, -0.2) is 43.5 Å². The first-order valence-corrected chi connectivity index (χ1v) is 9.77. The topological polar surface area (TPSA) is 35.6 Å². The number of alkyl halides is 3. The number of nitrogens with zero attached hydrogens (tertiary/aromatic N) is 2. The van der Waals surface area contributed by atoms with E-state index in [1.54, 1.807) is 6.07 Å². The van der Waals surface area contributed by atoms with Crippen molar-refractivity contribution < 1.29 is 18.0 Å². The van der Waals surface area contributed by atoms with Crippen LogP contribution >= 0.6 is 0 Å². The molecule has 1 saturated heterocycles. The Labute approximate surface area is 169 Å². The van der Waals surface area contributed by atoms with Crippen molar-refractivity contribution in [2.45, 2.75) is 25.9 Å². The monoisotopic (exact) mass is 405 g/mol. The van der Waals surface area contributed by atoms with Crippen LogP contribution in [0.15, 0.2) is 48.5 Å². The zero-order chi connectivity index (χ0) is 21.0. The van der Waals surface area contributed by atoms with Crippen molar-refractivity contribution in [2.75, 3.05) is 42.9 Å². The van der Waals surface area contributed by atoms with Gasteiger partial charge in [0, 0.05) is 37.6 Å².